The third-order valence-electron chi connectivity index (χ3n) is 4.88. The summed E-state index contributed by atoms with van der Waals surface area (Å²) in [6.07, 6.45) is 3.64. The molecule has 3 aromatic rings. The Kier molecular flexibility index (Phi) is 8.77. The van der Waals surface area contributed by atoms with Crippen molar-refractivity contribution >= 4 is 11.8 Å². The molecular formula is C25H27N3O4. The maximum absolute atomic E-state index is 12.2. The highest BCUT2D eigenvalue weighted by atomic mass is 16.5. The van der Waals surface area contributed by atoms with Crippen LogP contribution in [0.3, 0.4) is 0 Å². The van der Waals surface area contributed by atoms with Crippen LogP contribution in [-0.4, -0.2) is 28.6 Å². The summed E-state index contributed by atoms with van der Waals surface area (Å²) in [5, 5.41) is 11.4. The second kappa shape index (κ2) is 12.2. The fourth-order valence-corrected chi connectivity index (χ4v) is 3.10. The predicted octanol–water partition coefficient (Wildman–Crippen LogP) is 3.66. The number of nitrogens with one attached hydrogen (secondary N) is 2. The number of ether oxygens (including phenoxy) is 1. The van der Waals surface area contributed by atoms with Crippen molar-refractivity contribution in [2.24, 2.45) is 0 Å². The number of hydroxylamine groups is 1. The first-order valence-electron chi connectivity index (χ1n) is 10.6. The van der Waals surface area contributed by atoms with E-state index in [0.29, 0.717) is 25.3 Å². The van der Waals surface area contributed by atoms with Crippen LogP contribution >= 0.6 is 0 Å². The molecule has 2 amide bonds. The van der Waals surface area contributed by atoms with Crippen molar-refractivity contribution in [1.29, 1.82) is 0 Å². The van der Waals surface area contributed by atoms with Gasteiger partial charge in [-0.15, -0.1) is 0 Å². The Morgan fingerprint density at radius 1 is 0.875 bits per heavy atom. The van der Waals surface area contributed by atoms with Gasteiger partial charge in [0.2, 0.25) is 11.8 Å². The number of hydrogen-bond acceptors (Lipinski definition) is 5. The summed E-state index contributed by atoms with van der Waals surface area (Å²) < 4.78 is 5.68. The largest absolute Gasteiger partial charge is 0.494 e. The highest BCUT2D eigenvalue weighted by Gasteiger charge is 2.06. The van der Waals surface area contributed by atoms with Gasteiger partial charge in [-0.05, 0) is 42.2 Å². The quantitative estimate of drug-likeness (QED) is 0.243. The van der Waals surface area contributed by atoms with E-state index in [9.17, 15) is 9.59 Å². The average molecular weight is 434 g/mol. The fourth-order valence-electron chi connectivity index (χ4n) is 3.10. The zero-order valence-corrected chi connectivity index (χ0v) is 17.8. The number of carbonyl (C=O) groups is 2. The third kappa shape index (κ3) is 7.52. The number of amides is 2. The Labute approximate surface area is 187 Å². The molecule has 0 aliphatic rings. The Hall–Kier alpha value is -3.71. The molecule has 0 aliphatic heterocycles. The summed E-state index contributed by atoms with van der Waals surface area (Å²) in [5.74, 6) is 0.300. The second-order valence-electron chi connectivity index (χ2n) is 7.34. The van der Waals surface area contributed by atoms with Gasteiger partial charge in [-0.2, -0.15) is 0 Å². The molecule has 3 rings (SSSR count). The molecule has 0 aliphatic carbocycles. The summed E-state index contributed by atoms with van der Waals surface area (Å²) in [5.41, 5.74) is 5.36. The number of carbonyl (C=O) groups excluding carboxylic acids is 2. The standard InChI is InChI=1S/C25H27N3O4/c29-24(28-31)8-4-5-15-32-23-13-10-20(11-14-23)21-9-12-22(26-18-21)16-25(30)27-17-19-6-2-1-3-7-19/h1-3,6-7,9-14,18,31H,4-5,8,15-17H2,(H,27,30)(H,28,29). The number of pyridine rings is 1. The SMILES string of the molecule is O=C(CCCCOc1ccc(-c2ccc(CC(=O)NCc3ccccc3)nc2)cc1)NO. The monoisotopic (exact) mass is 433 g/mol. The van der Waals surface area contributed by atoms with E-state index < -0.39 is 0 Å². The molecule has 0 radical (unpaired) electrons. The summed E-state index contributed by atoms with van der Waals surface area (Å²) in [6, 6.07) is 21.3. The number of aromatic nitrogens is 1. The minimum Gasteiger partial charge on any atom is -0.494 e. The number of benzene rings is 2. The molecule has 0 unspecified atom stereocenters. The summed E-state index contributed by atoms with van der Waals surface area (Å²) in [7, 11) is 0. The maximum Gasteiger partial charge on any atom is 0.243 e. The van der Waals surface area contributed by atoms with Gasteiger partial charge in [0.1, 0.15) is 5.75 Å². The molecule has 0 saturated carbocycles. The van der Waals surface area contributed by atoms with Crippen molar-refractivity contribution in [2.75, 3.05) is 6.61 Å². The number of unbranched alkanes of at least 4 members (excludes halogenated alkanes) is 1. The molecule has 3 N–H and O–H groups in total. The number of hydrogen-bond donors (Lipinski definition) is 3. The Bertz CT molecular complexity index is 990. The maximum atomic E-state index is 12.2. The molecule has 1 aromatic heterocycles. The van der Waals surface area contributed by atoms with Crippen LogP contribution < -0.4 is 15.5 Å². The van der Waals surface area contributed by atoms with Gasteiger partial charge in [-0.1, -0.05) is 48.5 Å². The molecule has 0 atom stereocenters. The number of nitrogens with zero attached hydrogens (tertiary/aromatic N) is 1. The molecule has 7 nitrogen and oxygen atoms in total. The van der Waals surface area contributed by atoms with Crippen molar-refractivity contribution in [2.45, 2.75) is 32.2 Å². The van der Waals surface area contributed by atoms with E-state index in [1.165, 1.54) is 0 Å². The topological polar surface area (TPSA) is 101 Å². The lowest BCUT2D eigenvalue weighted by Crippen LogP contribution is -2.24. The van der Waals surface area contributed by atoms with Gasteiger partial charge in [0.15, 0.2) is 0 Å². The predicted molar refractivity (Wildman–Crippen MR) is 121 cm³/mol. The molecule has 32 heavy (non-hydrogen) atoms. The highest BCUT2D eigenvalue weighted by molar-refractivity contribution is 5.78. The first-order chi connectivity index (χ1) is 15.6. The Morgan fingerprint density at radius 3 is 2.31 bits per heavy atom. The van der Waals surface area contributed by atoms with E-state index in [-0.39, 0.29) is 24.7 Å². The minimum atomic E-state index is -0.387. The molecule has 0 saturated heterocycles. The first kappa shape index (κ1) is 23.0. The van der Waals surface area contributed by atoms with Crippen molar-refractivity contribution in [3.8, 4) is 16.9 Å². The summed E-state index contributed by atoms with van der Waals surface area (Å²) in [6.45, 7) is 1.00. The zero-order valence-electron chi connectivity index (χ0n) is 17.8. The van der Waals surface area contributed by atoms with E-state index in [1.807, 2.05) is 66.7 Å². The van der Waals surface area contributed by atoms with Gasteiger partial charge in [-0.3, -0.25) is 19.8 Å². The lowest BCUT2D eigenvalue weighted by atomic mass is 10.1. The van der Waals surface area contributed by atoms with Gasteiger partial charge >= 0.3 is 0 Å². The average Bonchev–Trinajstić information content (AvgIpc) is 2.84. The first-order valence-corrected chi connectivity index (χ1v) is 10.6. The van der Waals surface area contributed by atoms with Crippen LogP contribution in [0.4, 0.5) is 0 Å². The van der Waals surface area contributed by atoms with Crippen LogP contribution in [0, 0.1) is 0 Å². The van der Waals surface area contributed by atoms with Crippen LogP contribution in [0.1, 0.15) is 30.5 Å². The van der Waals surface area contributed by atoms with Gasteiger partial charge in [0.25, 0.3) is 0 Å². The summed E-state index contributed by atoms with van der Waals surface area (Å²) >= 11 is 0. The molecule has 166 valence electrons. The fraction of sp³-hybridized carbons (Fsp3) is 0.240. The highest BCUT2D eigenvalue weighted by Crippen LogP contribution is 2.22. The molecule has 0 fully saturated rings. The van der Waals surface area contributed by atoms with Crippen LogP contribution in [0.2, 0.25) is 0 Å². The molecular weight excluding hydrogens is 406 g/mol. The molecule has 7 heteroatoms. The minimum absolute atomic E-state index is 0.0624. The van der Waals surface area contributed by atoms with Crippen molar-refractivity contribution in [3.05, 3.63) is 84.2 Å². The van der Waals surface area contributed by atoms with Gasteiger partial charge in [0.05, 0.1) is 13.0 Å². The van der Waals surface area contributed by atoms with Gasteiger partial charge in [-0.25, -0.2) is 5.48 Å². The second-order valence-corrected chi connectivity index (χ2v) is 7.34. The van der Waals surface area contributed by atoms with E-state index in [2.05, 4.69) is 10.3 Å². The molecule has 0 bridgehead atoms. The molecule has 0 spiro atoms. The van der Waals surface area contributed by atoms with Crippen molar-refractivity contribution in [1.82, 2.24) is 15.8 Å². The van der Waals surface area contributed by atoms with E-state index in [4.69, 9.17) is 9.94 Å². The van der Waals surface area contributed by atoms with Crippen LogP contribution in [-0.2, 0) is 22.6 Å². The van der Waals surface area contributed by atoms with Gasteiger partial charge in [0, 0.05) is 30.4 Å². The smallest absolute Gasteiger partial charge is 0.243 e. The third-order valence-corrected chi connectivity index (χ3v) is 4.88. The Morgan fingerprint density at radius 2 is 1.62 bits per heavy atom. The molecule has 2 aromatic carbocycles. The normalized spacial score (nSPS) is 10.4. The zero-order chi connectivity index (χ0) is 22.6. The van der Waals surface area contributed by atoms with Crippen LogP contribution in [0.5, 0.6) is 5.75 Å². The van der Waals surface area contributed by atoms with Crippen LogP contribution in [0.25, 0.3) is 11.1 Å². The van der Waals surface area contributed by atoms with Crippen LogP contribution in [0.15, 0.2) is 72.9 Å². The van der Waals surface area contributed by atoms with Crippen molar-refractivity contribution < 1.29 is 19.5 Å². The summed E-state index contributed by atoms with van der Waals surface area (Å²) in [4.78, 5) is 27.5. The lowest BCUT2D eigenvalue weighted by Gasteiger charge is -2.08. The number of rotatable bonds is 11. The van der Waals surface area contributed by atoms with Gasteiger partial charge < -0.3 is 10.1 Å². The van der Waals surface area contributed by atoms with Crippen molar-refractivity contribution in [3.63, 3.8) is 0 Å². The van der Waals surface area contributed by atoms with E-state index in [1.54, 1.807) is 11.7 Å². The van der Waals surface area contributed by atoms with E-state index in [0.717, 1.165) is 28.9 Å². The molecule has 1 heterocycles. The van der Waals surface area contributed by atoms with E-state index >= 15 is 0 Å². The Balaban J connectivity index is 1.43. The lowest BCUT2D eigenvalue weighted by molar-refractivity contribution is -0.129.